The first-order chi connectivity index (χ1) is 15.0. The van der Waals surface area contributed by atoms with Gasteiger partial charge in [-0.15, -0.1) is 0 Å². The van der Waals surface area contributed by atoms with E-state index in [0.717, 1.165) is 5.56 Å². The van der Waals surface area contributed by atoms with Gasteiger partial charge in [0.2, 0.25) is 11.7 Å². The van der Waals surface area contributed by atoms with Crippen molar-refractivity contribution in [2.24, 2.45) is 0 Å². The maximum atomic E-state index is 12.9. The number of halogens is 2. The van der Waals surface area contributed by atoms with Gasteiger partial charge in [-0.2, -0.15) is 4.98 Å². The summed E-state index contributed by atoms with van der Waals surface area (Å²) in [5.74, 6) is 1.40. The first-order valence-corrected chi connectivity index (χ1v) is 10.7. The number of hydrogen-bond donors (Lipinski definition) is 0. The molecule has 0 bridgehead atoms. The van der Waals surface area contributed by atoms with Crippen molar-refractivity contribution in [1.29, 1.82) is 0 Å². The van der Waals surface area contributed by atoms with E-state index in [-0.39, 0.29) is 11.9 Å². The molecule has 1 aliphatic rings. The lowest BCUT2D eigenvalue weighted by Crippen LogP contribution is -2.49. The van der Waals surface area contributed by atoms with Gasteiger partial charge in [0.1, 0.15) is 0 Å². The fourth-order valence-electron chi connectivity index (χ4n) is 3.64. The number of methoxy groups -OCH3 is 1. The van der Waals surface area contributed by atoms with E-state index in [1.165, 1.54) is 7.11 Å². The molecule has 0 spiro atoms. The normalized spacial score (nSPS) is 15.7. The van der Waals surface area contributed by atoms with Crippen LogP contribution >= 0.6 is 23.2 Å². The number of carbonyl (C=O) groups is 1. The highest BCUT2D eigenvalue weighted by Crippen LogP contribution is 2.34. The Bertz CT molecular complexity index is 1040. The lowest BCUT2D eigenvalue weighted by molar-refractivity contribution is 0.0551. The maximum Gasteiger partial charge on any atom is 0.254 e. The molecule has 1 saturated heterocycles. The third kappa shape index (κ3) is 4.54. The Morgan fingerprint density at radius 2 is 1.74 bits per heavy atom. The zero-order chi connectivity index (χ0) is 22.0. The van der Waals surface area contributed by atoms with Crippen molar-refractivity contribution in [2.45, 2.75) is 13.0 Å². The number of piperazine rings is 1. The fourth-order valence-corrected chi connectivity index (χ4v) is 4.28. The van der Waals surface area contributed by atoms with Crippen molar-refractivity contribution in [3.8, 4) is 17.1 Å². The van der Waals surface area contributed by atoms with Gasteiger partial charge in [0, 0.05) is 37.3 Å². The predicted octanol–water partition coefficient (Wildman–Crippen LogP) is 4.57. The Kier molecular flexibility index (Phi) is 6.46. The molecule has 3 aromatic rings. The molecule has 31 heavy (non-hydrogen) atoms. The Labute approximate surface area is 190 Å². The minimum Gasteiger partial charge on any atom is -0.494 e. The molecule has 0 saturated carbocycles. The van der Waals surface area contributed by atoms with Gasteiger partial charge in [-0.3, -0.25) is 9.69 Å². The molecular weight excluding hydrogens is 439 g/mol. The van der Waals surface area contributed by atoms with Crippen LogP contribution in [-0.2, 0) is 0 Å². The van der Waals surface area contributed by atoms with Gasteiger partial charge in [-0.05, 0) is 19.1 Å². The van der Waals surface area contributed by atoms with Crippen molar-refractivity contribution in [1.82, 2.24) is 19.9 Å². The molecule has 2 aromatic carbocycles. The van der Waals surface area contributed by atoms with Gasteiger partial charge < -0.3 is 14.2 Å². The summed E-state index contributed by atoms with van der Waals surface area (Å²) in [5, 5.41) is 4.74. The summed E-state index contributed by atoms with van der Waals surface area (Å²) in [7, 11) is 1.49. The Morgan fingerprint density at radius 1 is 1.10 bits per heavy atom. The average Bonchev–Trinajstić information content (AvgIpc) is 3.29. The monoisotopic (exact) mass is 460 g/mol. The van der Waals surface area contributed by atoms with E-state index in [2.05, 4.69) is 15.0 Å². The SMILES string of the molecule is COc1c(Cl)cc(C(=O)N2CCN(C(C)c3nc(-c4ccccc4)no3)CC2)cc1Cl. The molecule has 9 heteroatoms. The molecule has 0 N–H and O–H groups in total. The third-order valence-corrected chi connectivity index (χ3v) is 5.99. The van der Waals surface area contributed by atoms with Crippen LogP contribution in [0.15, 0.2) is 47.0 Å². The van der Waals surface area contributed by atoms with Crippen molar-refractivity contribution < 1.29 is 14.1 Å². The second-order valence-electron chi connectivity index (χ2n) is 7.30. The molecule has 1 aromatic heterocycles. The van der Waals surface area contributed by atoms with Gasteiger partial charge in [-0.25, -0.2) is 0 Å². The standard InChI is InChI=1S/C22H22Cl2N4O3/c1-14(21-25-20(26-31-21)15-6-4-3-5-7-15)27-8-10-28(11-9-27)22(29)16-12-17(23)19(30-2)18(24)13-16/h3-7,12-14H,8-11H2,1-2H3. The van der Waals surface area contributed by atoms with Crippen LogP contribution in [0.4, 0.5) is 0 Å². The molecule has 1 unspecified atom stereocenters. The number of rotatable bonds is 5. The van der Waals surface area contributed by atoms with Crippen LogP contribution in [0.5, 0.6) is 5.75 Å². The molecule has 1 aliphatic heterocycles. The van der Waals surface area contributed by atoms with E-state index in [1.54, 1.807) is 17.0 Å². The minimum atomic E-state index is -0.108. The molecule has 7 nitrogen and oxygen atoms in total. The van der Waals surface area contributed by atoms with Crippen LogP contribution < -0.4 is 4.74 Å². The average molecular weight is 461 g/mol. The second kappa shape index (κ2) is 9.26. The van der Waals surface area contributed by atoms with E-state index in [1.807, 2.05) is 37.3 Å². The van der Waals surface area contributed by atoms with Gasteiger partial charge in [0.15, 0.2) is 5.75 Å². The summed E-state index contributed by atoms with van der Waals surface area (Å²) in [6, 6.07) is 12.8. The van der Waals surface area contributed by atoms with Gasteiger partial charge >= 0.3 is 0 Å². The summed E-state index contributed by atoms with van der Waals surface area (Å²) in [6.45, 7) is 4.55. The van der Waals surface area contributed by atoms with Crippen molar-refractivity contribution in [3.63, 3.8) is 0 Å². The number of carbonyl (C=O) groups excluding carboxylic acids is 1. The van der Waals surface area contributed by atoms with Gasteiger partial charge in [0.25, 0.3) is 5.91 Å². The summed E-state index contributed by atoms with van der Waals surface area (Å²) in [4.78, 5) is 21.5. The van der Waals surface area contributed by atoms with Gasteiger partial charge in [0.05, 0.1) is 23.2 Å². The molecule has 4 rings (SSSR count). The highest BCUT2D eigenvalue weighted by Gasteiger charge is 2.28. The topological polar surface area (TPSA) is 71.7 Å². The molecule has 1 amide bonds. The molecule has 0 aliphatic carbocycles. The van der Waals surface area contributed by atoms with Gasteiger partial charge in [-0.1, -0.05) is 58.7 Å². The highest BCUT2D eigenvalue weighted by atomic mass is 35.5. The summed E-state index contributed by atoms with van der Waals surface area (Å²) < 4.78 is 10.7. The molecule has 2 heterocycles. The quantitative estimate of drug-likeness (QED) is 0.555. The minimum absolute atomic E-state index is 0.0490. The number of hydrogen-bond acceptors (Lipinski definition) is 6. The largest absolute Gasteiger partial charge is 0.494 e. The van der Waals surface area contributed by atoms with E-state index >= 15 is 0 Å². The fraction of sp³-hybridized carbons (Fsp3) is 0.318. The Hall–Kier alpha value is -2.61. The van der Waals surface area contributed by atoms with E-state index < -0.39 is 0 Å². The molecule has 0 radical (unpaired) electrons. The van der Waals surface area contributed by atoms with E-state index in [4.69, 9.17) is 32.5 Å². The van der Waals surface area contributed by atoms with Crippen LogP contribution in [0.2, 0.25) is 10.0 Å². The second-order valence-corrected chi connectivity index (χ2v) is 8.11. The first-order valence-electron chi connectivity index (χ1n) is 9.93. The molecular formula is C22H22Cl2N4O3. The van der Waals surface area contributed by atoms with Crippen LogP contribution in [0.25, 0.3) is 11.4 Å². The summed E-state index contributed by atoms with van der Waals surface area (Å²) in [6.07, 6.45) is 0. The summed E-state index contributed by atoms with van der Waals surface area (Å²) in [5.41, 5.74) is 1.36. The van der Waals surface area contributed by atoms with Crippen molar-refractivity contribution >= 4 is 29.1 Å². The highest BCUT2D eigenvalue weighted by molar-refractivity contribution is 6.37. The molecule has 1 atom stereocenters. The Balaban J connectivity index is 1.39. The zero-order valence-corrected chi connectivity index (χ0v) is 18.7. The maximum absolute atomic E-state index is 12.9. The number of amides is 1. The molecule has 1 fully saturated rings. The first kappa shape index (κ1) is 21.6. The van der Waals surface area contributed by atoms with Crippen LogP contribution in [0.1, 0.15) is 29.2 Å². The smallest absolute Gasteiger partial charge is 0.254 e. The lowest BCUT2D eigenvalue weighted by Gasteiger charge is -2.36. The zero-order valence-electron chi connectivity index (χ0n) is 17.2. The van der Waals surface area contributed by atoms with Crippen molar-refractivity contribution in [2.75, 3.05) is 33.3 Å². The van der Waals surface area contributed by atoms with E-state index in [9.17, 15) is 4.79 Å². The lowest BCUT2D eigenvalue weighted by atomic mass is 10.1. The van der Waals surface area contributed by atoms with Crippen LogP contribution in [0.3, 0.4) is 0 Å². The predicted molar refractivity (Wildman–Crippen MR) is 119 cm³/mol. The van der Waals surface area contributed by atoms with Crippen LogP contribution in [-0.4, -0.2) is 59.1 Å². The third-order valence-electron chi connectivity index (χ3n) is 5.43. The number of ether oxygens (including phenoxy) is 1. The number of nitrogens with zero attached hydrogens (tertiary/aromatic N) is 4. The summed E-state index contributed by atoms with van der Waals surface area (Å²) >= 11 is 12.4. The Morgan fingerprint density at radius 3 is 2.35 bits per heavy atom. The van der Waals surface area contributed by atoms with Crippen LogP contribution in [0, 0.1) is 0 Å². The van der Waals surface area contributed by atoms with E-state index in [0.29, 0.717) is 59.3 Å². The number of benzene rings is 2. The van der Waals surface area contributed by atoms with Crippen molar-refractivity contribution in [3.05, 3.63) is 64.0 Å². The number of aromatic nitrogens is 2. The molecule has 162 valence electrons.